The standard InChI is InChI=1S/C10H16N4O2S/c1-7-4-8(7)5-13-17(15,16)9-2-3-10(14-11)12-6-9/h2-3,6-8,13H,4-5,11H2,1H3,(H,12,14). The van der Waals surface area contributed by atoms with Crippen LogP contribution >= 0.6 is 0 Å². The maximum absolute atomic E-state index is 11.9. The van der Waals surface area contributed by atoms with Gasteiger partial charge in [0, 0.05) is 12.7 Å². The molecule has 0 bridgehead atoms. The van der Waals surface area contributed by atoms with Gasteiger partial charge in [-0.3, -0.25) is 0 Å². The molecule has 0 aromatic carbocycles. The zero-order chi connectivity index (χ0) is 12.5. The molecule has 1 fully saturated rings. The number of sulfonamides is 1. The first-order chi connectivity index (χ1) is 8.03. The summed E-state index contributed by atoms with van der Waals surface area (Å²) in [7, 11) is -3.44. The molecule has 0 amide bonds. The fraction of sp³-hybridized carbons (Fsp3) is 0.500. The van der Waals surface area contributed by atoms with Crippen molar-refractivity contribution in [2.45, 2.75) is 18.2 Å². The summed E-state index contributed by atoms with van der Waals surface area (Å²) in [5, 5.41) is 0. The lowest BCUT2D eigenvalue weighted by molar-refractivity contribution is 0.574. The molecule has 0 saturated heterocycles. The molecule has 4 N–H and O–H groups in total. The number of nitrogens with one attached hydrogen (secondary N) is 2. The van der Waals surface area contributed by atoms with Crippen LogP contribution in [0, 0.1) is 11.8 Å². The molecular formula is C10H16N4O2S. The minimum atomic E-state index is -3.44. The molecule has 2 unspecified atom stereocenters. The predicted molar refractivity (Wildman–Crippen MR) is 64.5 cm³/mol. The second kappa shape index (κ2) is 4.59. The van der Waals surface area contributed by atoms with Crippen LogP contribution in [0.25, 0.3) is 0 Å². The van der Waals surface area contributed by atoms with Crippen LogP contribution in [0.15, 0.2) is 23.2 Å². The van der Waals surface area contributed by atoms with E-state index in [2.05, 4.69) is 22.1 Å². The fourth-order valence-electron chi connectivity index (χ4n) is 1.61. The second-order valence-corrected chi connectivity index (χ2v) is 6.12. The Bertz CT molecular complexity index is 486. The third-order valence-electron chi connectivity index (χ3n) is 3.01. The van der Waals surface area contributed by atoms with Gasteiger partial charge in [0.2, 0.25) is 10.0 Å². The molecule has 1 aromatic heterocycles. The van der Waals surface area contributed by atoms with Crippen LogP contribution in [-0.2, 0) is 10.0 Å². The van der Waals surface area contributed by atoms with Crippen LogP contribution < -0.4 is 16.0 Å². The van der Waals surface area contributed by atoms with E-state index < -0.39 is 10.0 Å². The Morgan fingerprint density at radius 2 is 2.24 bits per heavy atom. The molecule has 1 aliphatic carbocycles. The monoisotopic (exact) mass is 256 g/mol. The van der Waals surface area contributed by atoms with Crippen molar-refractivity contribution in [1.29, 1.82) is 0 Å². The van der Waals surface area contributed by atoms with Gasteiger partial charge in [-0.15, -0.1) is 0 Å². The summed E-state index contributed by atoms with van der Waals surface area (Å²) < 4.78 is 26.3. The van der Waals surface area contributed by atoms with Crippen LogP contribution in [0.4, 0.5) is 5.82 Å². The number of nitrogen functional groups attached to an aromatic ring is 1. The van der Waals surface area contributed by atoms with E-state index in [0.717, 1.165) is 6.42 Å². The van der Waals surface area contributed by atoms with Crippen molar-refractivity contribution < 1.29 is 8.42 Å². The summed E-state index contributed by atoms with van der Waals surface area (Å²) in [4.78, 5) is 4.02. The predicted octanol–water partition coefficient (Wildman–Crippen LogP) is 0.302. The topological polar surface area (TPSA) is 97.1 Å². The highest BCUT2D eigenvalue weighted by Gasteiger charge is 2.33. The van der Waals surface area contributed by atoms with Crippen molar-refractivity contribution in [2.24, 2.45) is 17.7 Å². The van der Waals surface area contributed by atoms with Gasteiger partial charge in [0.05, 0.1) is 0 Å². The number of aromatic nitrogens is 1. The smallest absolute Gasteiger partial charge is 0.242 e. The third kappa shape index (κ3) is 2.93. The molecule has 17 heavy (non-hydrogen) atoms. The van der Waals surface area contributed by atoms with Gasteiger partial charge in [-0.25, -0.2) is 24.0 Å². The molecule has 2 rings (SSSR count). The van der Waals surface area contributed by atoms with E-state index in [-0.39, 0.29) is 4.90 Å². The van der Waals surface area contributed by atoms with Crippen molar-refractivity contribution in [3.8, 4) is 0 Å². The Balaban J connectivity index is 2.02. The maximum atomic E-state index is 11.9. The van der Waals surface area contributed by atoms with Crippen LogP contribution in [-0.4, -0.2) is 19.9 Å². The number of anilines is 1. The summed E-state index contributed by atoms with van der Waals surface area (Å²) >= 11 is 0. The average Bonchev–Trinajstić information content (AvgIpc) is 3.03. The first-order valence-corrected chi connectivity index (χ1v) is 6.93. The lowest BCUT2D eigenvalue weighted by atomic mass is 10.3. The lowest BCUT2D eigenvalue weighted by Crippen LogP contribution is -2.26. The Labute approximate surface area is 101 Å². The van der Waals surface area contributed by atoms with Crippen molar-refractivity contribution in [3.05, 3.63) is 18.3 Å². The Morgan fingerprint density at radius 1 is 1.53 bits per heavy atom. The average molecular weight is 256 g/mol. The van der Waals surface area contributed by atoms with Crippen molar-refractivity contribution in [2.75, 3.05) is 12.0 Å². The highest BCUT2D eigenvalue weighted by molar-refractivity contribution is 7.89. The van der Waals surface area contributed by atoms with Gasteiger partial charge in [-0.05, 0) is 30.4 Å². The van der Waals surface area contributed by atoms with E-state index >= 15 is 0 Å². The molecule has 94 valence electrons. The quantitative estimate of drug-likeness (QED) is 0.520. The van der Waals surface area contributed by atoms with Crippen LogP contribution in [0.1, 0.15) is 13.3 Å². The van der Waals surface area contributed by atoms with Crippen molar-refractivity contribution in [1.82, 2.24) is 9.71 Å². The van der Waals surface area contributed by atoms with Crippen LogP contribution in [0.3, 0.4) is 0 Å². The van der Waals surface area contributed by atoms with Gasteiger partial charge in [-0.1, -0.05) is 6.92 Å². The van der Waals surface area contributed by atoms with Gasteiger partial charge in [-0.2, -0.15) is 0 Å². The molecule has 7 heteroatoms. The number of rotatable bonds is 5. The molecule has 1 heterocycles. The number of hydrazine groups is 1. The Morgan fingerprint density at radius 3 is 2.71 bits per heavy atom. The number of hydrogen-bond donors (Lipinski definition) is 3. The minimum Gasteiger partial charge on any atom is -0.308 e. The van der Waals surface area contributed by atoms with E-state index in [1.54, 1.807) is 0 Å². The van der Waals surface area contributed by atoms with Crippen LogP contribution in [0.2, 0.25) is 0 Å². The minimum absolute atomic E-state index is 0.157. The lowest BCUT2D eigenvalue weighted by Gasteiger charge is -2.06. The van der Waals surface area contributed by atoms with Gasteiger partial charge < -0.3 is 5.43 Å². The zero-order valence-electron chi connectivity index (χ0n) is 9.55. The van der Waals surface area contributed by atoms with Crippen molar-refractivity contribution >= 4 is 15.8 Å². The van der Waals surface area contributed by atoms with E-state index in [1.165, 1.54) is 18.3 Å². The fourth-order valence-corrected chi connectivity index (χ4v) is 2.65. The van der Waals surface area contributed by atoms with Gasteiger partial charge >= 0.3 is 0 Å². The molecule has 6 nitrogen and oxygen atoms in total. The second-order valence-electron chi connectivity index (χ2n) is 4.35. The number of pyridine rings is 1. The van der Waals surface area contributed by atoms with Crippen molar-refractivity contribution in [3.63, 3.8) is 0 Å². The molecule has 0 spiro atoms. The number of nitrogens with zero attached hydrogens (tertiary/aromatic N) is 1. The molecule has 0 aliphatic heterocycles. The normalized spacial score (nSPS) is 23.4. The summed E-state index contributed by atoms with van der Waals surface area (Å²) in [5.74, 6) is 6.68. The van der Waals surface area contributed by atoms with E-state index in [1.807, 2.05) is 0 Å². The van der Waals surface area contributed by atoms with E-state index in [9.17, 15) is 8.42 Å². The largest absolute Gasteiger partial charge is 0.308 e. The Hall–Kier alpha value is -1.18. The summed E-state index contributed by atoms with van der Waals surface area (Å²) in [5.41, 5.74) is 2.35. The Kier molecular flexibility index (Phi) is 3.32. The molecule has 2 atom stereocenters. The first-order valence-electron chi connectivity index (χ1n) is 5.45. The highest BCUT2D eigenvalue weighted by atomic mass is 32.2. The van der Waals surface area contributed by atoms with Gasteiger partial charge in [0.15, 0.2) is 0 Å². The summed E-state index contributed by atoms with van der Waals surface area (Å²) in [6.07, 6.45) is 2.38. The van der Waals surface area contributed by atoms with E-state index in [0.29, 0.717) is 24.2 Å². The summed E-state index contributed by atoms with van der Waals surface area (Å²) in [6.45, 7) is 2.61. The van der Waals surface area contributed by atoms with Gasteiger partial charge in [0.1, 0.15) is 10.7 Å². The van der Waals surface area contributed by atoms with Crippen LogP contribution in [0.5, 0.6) is 0 Å². The van der Waals surface area contributed by atoms with E-state index in [4.69, 9.17) is 5.84 Å². The molecule has 1 aliphatic rings. The number of nitrogens with two attached hydrogens (primary N) is 1. The molecule has 0 radical (unpaired) electrons. The molecule has 1 saturated carbocycles. The van der Waals surface area contributed by atoms with Gasteiger partial charge in [0.25, 0.3) is 0 Å². The summed E-state index contributed by atoms with van der Waals surface area (Å²) in [6, 6.07) is 3.00. The zero-order valence-corrected chi connectivity index (χ0v) is 10.4. The third-order valence-corrected chi connectivity index (χ3v) is 4.42. The first kappa shape index (κ1) is 12.3. The number of hydrogen-bond acceptors (Lipinski definition) is 5. The molecule has 1 aromatic rings. The molecular weight excluding hydrogens is 240 g/mol. The maximum Gasteiger partial charge on any atom is 0.242 e. The highest BCUT2D eigenvalue weighted by Crippen LogP contribution is 2.37. The SMILES string of the molecule is CC1CC1CNS(=O)(=O)c1ccc(NN)nc1.